The van der Waals surface area contributed by atoms with Crippen molar-refractivity contribution in [1.29, 1.82) is 0 Å². The fourth-order valence-electron chi connectivity index (χ4n) is 3.55. The third kappa shape index (κ3) is 3.93. The maximum Gasteiger partial charge on any atom is 0.503 e. The Hall–Kier alpha value is -3.79. The molecule has 2 N–H and O–H groups in total. The lowest BCUT2D eigenvalue weighted by molar-refractivity contribution is -0.0437. The third-order valence-corrected chi connectivity index (χ3v) is 6.60. The highest BCUT2D eigenvalue weighted by Gasteiger charge is 2.49. The second-order valence-electron chi connectivity index (χ2n) is 7.32. The van der Waals surface area contributed by atoms with Crippen molar-refractivity contribution in [3.8, 4) is 22.4 Å². The van der Waals surface area contributed by atoms with Crippen molar-refractivity contribution in [2.45, 2.75) is 17.5 Å². The Kier molecular flexibility index (Phi) is 5.41. The van der Waals surface area contributed by atoms with Gasteiger partial charge in [0.15, 0.2) is 5.03 Å². The number of nitrogens with two attached hydrogens (primary N) is 1. The number of hydrogen-bond donors (Lipinski definition) is 1. The zero-order chi connectivity index (χ0) is 24.0. The molecular formula is C23H16F3N3O3S. The van der Waals surface area contributed by atoms with Crippen LogP contribution >= 0.6 is 0 Å². The van der Waals surface area contributed by atoms with E-state index in [-0.39, 0.29) is 16.5 Å². The van der Waals surface area contributed by atoms with Gasteiger partial charge in [0.1, 0.15) is 5.69 Å². The average Bonchev–Trinajstić information content (AvgIpc) is 2.77. The molecule has 4 aromatic rings. The molecule has 0 aliphatic heterocycles. The SMILES string of the molecule is Cc1cc(-c2ccc3c(S(=O)(=O)C(F)(F)F)nnc(-c4ccccc4)c3c2)ccc1C(N)=O. The van der Waals surface area contributed by atoms with Crippen molar-refractivity contribution < 1.29 is 26.4 Å². The van der Waals surface area contributed by atoms with Crippen LogP contribution in [0.1, 0.15) is 15.9 Å². The molecule has 0 radical (unpaired) electrons. The number of benzene rings is 3. The number of hydrogen-bond acceptors (Lipinski definition) is 5. The second kappa shape index (κ2) is 7.96. The molecule has 0 unspecified atom stereocenters. The number of sulfone groups is 1. The van der Waals surface area contributed by atoms with E-state index in [9.17, 15) is 26.4 Å². The number of halogens is 3. The van der Waals surface area contributed by atoms with Crippen molar-refractivity contribution in [3.63, 3.8) is 0 Å². The monoisotopic (exact) mass is 471 g/mol. The zero-order valence-electron chi connectivity index (χ0n) is 17.1. The maximum absolute atomic E-state index is 13.3. The second-order valence-corrected chi connectivity index (χ2v) is 9.18. The van der Waals surface area contributed by atoms with Gasteiger partial charge in [0.25, 0.3) is 9.84 Å². The number of carbonyl (C=O) groups excluding carboxylic acids is 1. The maximum atomic E-state index is 13.3. The van der Waals surface area contributed by atoms with Crippen LogP contribution in [0.5, 0.6) is 0 Å². The molecule has 0 fully saturated rings. The van der Waals surface area contributed by atoms with E-state index in [1.807, 2.05) is 0 Å². The van der Waals surface area contributed by atoms with E-state index in [0.29, 0.717) is 27.8 Å². The quantitative estimate of drug-likeness (QED) is 0.466. The molecule has 0 saturated carbocycles. The molecule has 0 aliphatic carbocycles. The van der Waals surface area contributed by atoms with Gasteiger partial charge in [-0.1, -0.05) is 54.6 Å². The minimum Gasteiger partial charge on any atom is -0.366 e. The standard InChI is InChI=1S/C23H16F3N3O3S/c1-13-11-15(7-9-17(13)21(27)30)16-8-10-18-19(12-16)20(14-5-3-2-4-6-14)28-29-22(18)33(31,32)23(24,25)26/h2-12H,1H3,(H2,27,30). The smallest absolute Gasteiger partial charge is 0.366 e. The molecular weight excluding hydrogens is 455 g/mol. The molecule has 0 atom stereocenters. The van der Waals surface area contributed by atoms with Crippen LogP contribution in [0, 0.1) is 6.92 Å². The Morgan fingerprint density at radius 3 is 2.09 bits per heavy atom. The normalized spacial score (nSPS) is 12.1. The zero-order valence-corrected chi connectivity index (χ0v) is 17.9. The molecule has 10 heteroatoms. The van der Waals surface area contributed by atoms with Gasteiger partial charge >= 0.3 is 5.51 Å². The molecule has 0 saturated heterocycles. The molecule has 6 nitrogen and oxygen atoms in total. The van der Waals surface area contributed by atoms with Crippen molar-refractivity contribution in [2.75, 3.05) is 0 Å². The first-order valence-electron chi connectivity index (χ1n) is 9.59. The van der Waals surface area contributed by atoms with Gasteiger partial charge in [-0.05, 0) is 35.7 Å². The van der Waals surface area contributed by atoms with Crippen LogP contribution in [-0.4, -0.2) is 30.0 Å². The van der Waals surface area contributed by atoms with Gasteiger partial charge < -0.3 is 5.73 Å². The molecule has 33 heavy (non-hydrogen) atoms. The van der Waals surface area contributed by atoms with Crippen LogP contribution in [0.4, 0.5) is 13.2 Å². The van der Waals surface area contributed by atoms with Crippen molar-refractivity contribution in [1.82, 2.24) is 10.2 Å². The highest BCUT2D eigenvalue weighted by atomic mass is 32.2. The topological polar surface area (TPSA) is 103 Å². The van der Waals surface area contributed by atoms with Crippen molar-refractivity contribution in [2.24, 2.45) is 5.73 Å². The summed E-state index contributed by atoms with van der Waals surface area (Å²) >= 11 is 0. The number of primary amides is 1. The highest BCUT2D eigenvalue weighted by Crippen LogP contribution is 2.37. The van der Waals surface area contributed by atoms with Gasteiger partial charge in [0.2, 0.25) is 5.91 Å². The molecule has 0 spiro atoms. The predicted molar refractivity (Wildman–Crippen MR) is 117 cm³/mol. The van der Waals surface area contributed by atoms with Crippen LogP contribution in [-0.2, 0) is 9.84 Å². The number of aromatic nitrogens is 2. The minimum atomic E-state index is -5.73. The van der Waals surface area contributed by atoms with Crippen molar-refractivity contribution in [3.05, 3.63) is 77.9 Å². The van der Waals surface area contributed by atoms with Gasteiger partial charge in [0, 0.05) is 21.9 Å². The first-order chi connectivity index (χ1) is 15.5. The van der Waals surface area contributed by atoms with E-state index in [1.165, 1.54) is 12.1 Å². The van der Waals surface area contributed by atoms with E-state index in [2.05, 4.69) is 10.2 Å². The lowest BCUT2D eigenvalue weighted by Gasteiger charge is -2.13. The number of aryl methyl sites for hydroxylation is 1. The van der Waals surface area contributed by atoms with E-state index < -0.39 is 26.3 Å². The van der Waals surface area contributed by atoms with Crippen LogP contribution < -0.4 is 5.73 Å². The summed E-state index contributed by atoms with van der Waals surface area (Å²) in [7, 11) is -5.73. The summed E-state index contributed by atoms with van der Waals surface area (Å²) in [4.78, 5) is 11.5. The summed E-state index contributed by atoms with van der Waals surface area (Å²) in [5, 5.41) is 6.15. The molecule has 0 aliphatic rings. The molecule has 0 bridgehead atoms. The summed E-state index contributed by atoms with van der Waals surface area (Å²) in [6, 6.07) is 17.8. The number of rotatable bonds is 4. The van der Waals surface area contributed by atoms with Crippen LogP contribution in [0.2, 0.25) is 0 Å². The fourth-order valence-corrected chi connectivity index (χ4v) is 4.38. The Bertz CT molecular complexity index is 1500. The van der Waals surface area contributed by atoms with Crippen LogP contribution in [0.25, 0.3) is 33.2 Å². The first-order valence-corrected chi connectivity index (χ1v) is 11.1. The molecule has 1 aromatic heterocycles. The Morgan fingerprint density at radius 1 is 0.848 bits per heavy atom. The number of carbonyl (C=O) groups is 1. The first kappa shape index (κ1) is 22.4. The lowest BCUT2D eigenvalue weighted by Crippen LogP contribution is -2.25. The van der Waals surface area contributed by atoms with Gasteiger partial charge in [0.05, 0.1) is 0 Å². The number of nitrogens with zero attached hydrogens (tertiary/aromatic N) is 2. The number of fused-ring (bicyclic) bond motifs is 1. The summed E-state index contributed by atoms with van der Waals surface area (Å²) in [6.45, 7) is 1.71. The van der Waals surface area contributed by atoms with E-state index >= 15 is 0 Å². The Morgan fingerprint density at radius 2 is 1.48 bits per heavy atom. The van der Waals surface area contributed by atoms with Crippen LogP contribution in [0.15, 0.2) is 71.8 Å². The lowest BCUT2D eigenvalue weighted by atomic mass is 9.96. The van der Waals surface area contributed by atoms with E-state index in [0.717, 1.165) is 0 Å². The summed E-state index contributed by atoms with van der Waals surface area (Å²) in [6.07, 6.45) is 0. The number of amides is 1. The highest BCUT2D eigenvalue weighted by molar-refractivity contribution is 7.92. The van der Waals surface area contributed by atoms with Gasteiger partial charge in [-0.3, -0.25) is 4.79 Å². The molecule has 168 valence electrons. The third-order valence-electron chi connectivity index (χ3n) is 5.18. The molecule has 3 aromatic carbocycles. The van der Waals surface area contributed by atoms with Crippen LogP contribution in [0.3, 0.4) is 0 Å². The summed E-state index contributed by atoms with van der Waals surface area (Å²) in [5.41, 5.74) is 2.83. The van der Waals surface area contributed by atoms with Crippen molar-refractivity contribution >= 4 is 26.5 Å². The summed E-state index contributed by atoms with van der Waals surface area (Å²) < 4.78 is 64.1. The van der Waals surface area contributed by atoms with Gasteiger partial charge in [-0.15, -0.1) is 10.2 Å². The Labute approximate surface area is 186 Å². The largest absolute Gasteiger partial charge is 0.503 e. The molecule has 1 amide bonds. The molecule has 1 heterocycles. The van der Waals surface area contributed by atoms with Gasteiger partial charge in [-0.2, -0.15) is 13.2 Å². The minimum absolute atomic E-state index is 0.188. The molecule has 4 rings (SSSR count). The van der Waals surface area contributed by atoms with E-state index in [4.69, 9.17) is 5.73 Å². The summed E-state index contributed by atoms with van der Waals surface area (Å²) in [5.74, 6) is -0.582. The van der Waals surface area contributed by atoms with Gasteiger partial charge in [-0.25, -0.2) is 8.42 Å². The van der Waals surface area contributed by atoms with E-state index in [1.54, 1.807) is 61.5 Å². The fraction of sp³-hybridized carbons (Fsp3) is 0.0870. The number of alkyl halides is 3. The predicted octanol–water partition coefficient (Wildman–Crippen LogP) is 4.66. The average molecular weight is 471 g/mol. The Balaban J connectivity index is 2.01.